The largest absolute Gasteiger partial charge is 0.466 e. The number of fused-ring (bicyclic) bond motifs is 1. The predicted octanol–water partition coefficient (Wildman–Crippen LogP) is 1.85. The van der Waals surface area contributed by atoms with Crippen LogP contribution in [0.5, 0.6) is 0 Å². The highest BCUT2D eigenvalue weighted by molar-refractivity contribution is 5.78. The first-order valence-electron chi connectivity index (χ1n) is 8.38. The van der Waals surface area contributed by atoms with Crippen LogP contribution in [0.3, 0.4) is 0 Å². The van der Waals surface area contributed by atoms with Crippen LogP contribution < -0.4 is 4.90 Å². The number of ether oxygens (including phenoxy) is 1. The van der Waals surface area contributed by atoms with E-state index >= 15 is 0 Å². The second kappa shape index (κ2) is 6.60. The number of esters is 1. The molecule has 0 unspecified atom stereocenters. The Morgan fingerprint density at radius 1 is 1.26 bits per heavy atom. The van der Waals surface area contributed by atoms with E-state index in [-0.39, 0.29) is 23.8 Å². The van der Waals surface area contributed by atoms with Gasteiger partial charge in [0.25, 0.3) is 0 Å². The average Bonchev–Trinajstić information content (AvgIpc) is 2.98. The molecule has 1 saturated heterocycles. The van der Waals surface area contributed by atoms with E-state index in [9.17, 15) is 9.59 Å². The molecule has 124 valence electrons. The third kappa shape index (κ3) is 3.05. The third-order valence-electron chi connectivity index (χ3n) is 4.93. The summed E-state index contributed by atoms with van der Waals surface area (Å²) in [4.78, 5) is 28.3. The first-order valence-corrected chi connectivity index (χ1v) is 8.38. The van der Waals surface area contributed by atoms with Gasteiger partial charge in [-0.05, 0) is 31.4 Å². The summed E-state index contributed by atoms with van der Waals surface area (Å²) in [5.74, 6) is -0.439. The number of para-hydroxylation sites is 1. The van der Waals surface area contributed by atoms with Gasteiger partial charge in [0, 0.05) is 38.3 Å². The van der Waals surface area contributed by atoms with Gasteiger partial charge in [-0.3, -0.25) is 9.59 Å². The van der Waals surface area contributed by atoms with Crippen LogP contribution in [0, 0.1) is 5.92 Å². The van der Waals surface area contributed by atoms with Gasteiger partial charge in [0.1, 0.15) is 0 Å². The lowest BCUT2D eigenvalue weighted by atomic mass is 9.90. The Hall–Kier alpha value is -2.04. The number of rotatable bonds is 3. The smallest absolute Gasteiger partial charge is 0.312 e. The van der Waals surface area contributed by atoms with Crippen LogP contribution >= 0.6 is 0 Å². The molecule has 0 saturated carbocycles. The van der Waals surface area contributed by atoms with Crippen LogP contribution in [0.25, 0.3) is 0 Å². The van der Waals surface area contributed by atoms with Gasteiger partial charge >= 0.3 is 5.97 Å². The molecule has 2 aliphatic heterocycles. The summed E-state index contributed by atoms with van der Waals surface area (Å²) in [7, 11) is 0. The molecule has 0 bridgehead atoms. The number of hydrogen-bond donors (Lipinski definition) is 0. The highest BCUT2D eigenvalue weighted by Crippen LogP contribution is 2.34. The van der Waals surface area contributed by atoms with Crippen molar-refractivity contribution in [2.24, 2.45) is 5.92 Å². The van der Waals surface area contributed by atoms with E-state index in [0.29, 0.717) is 19.7 Å². The van der Waals surface area contributed by atoms with E-state index in [1.807, 2.05) is 13.0 Å². The maximum atomic E-state index is 12.5. The van der Waals surface area contributed by atoms with Crippen molar-refractivity contribution in [1.82, 2.24) is 4.90 Å². The highest BCUT2D eigenvalue weighted by Gasteiger charge is 2.41. The molecule has 2 heterocycles. The van der Waals surface area contributed by atoms with Crippen LogP contribution in [-0.2, 0) is 20.7 Å². The molecule has 1 fully saturated rings. The molecule has 1 amide bonds. The molecule has 1 aromatic rings. The van der Waals surface area contributed by atoms with E-state index < -0.39 is 0 Å². The number of piperidine rings is 1. The SMILES string of the molecule is CCOC(=O)[C@@H]1CN(C(C)=O)CC[C@H]1N1CCc2ccccc21. The first kappa shape index (κ1) is 15.8. The number of amides is 1. The number of anilines is 1. The van der Waals surface area contributed by atoms with Gasteiger partial charge in [0.15, 0.2) is 0 Å². The normalized spacial score (nSPS) is 23.6. The molecular weight excluding hydrogens is 292 g/mol. The Morgan fingerprint density at radius 2 is 2.04 bits per heavy atom. The Bertz CT molecular complexity index is 602. The van der Waals surface area contributed by atoms with Crippen LogP contribution in [0.15, 0.2) is 24.3 Å². The predicted molar refractivity (Wildman–Crippen MR) is 88.3 cm³/mol. The number of likely N-dealkylation sites (tertiary alicyclic amines) is 1. The molecule has 0 aromatic heterocycles. The lowest BCUT2D eigenvalue weighted by Crippen LogP contribution is -2.54. The van der Waals surface area contributed by atoms with Crippen molar-refractivity contribution in [2.45, 2.75) is 32.7 Å². The van der Waals surface area contributed by atoms with Crippen molar-refractivity contribution in [1.29, 1.82) is 0 Å². The van der Waals surface area contributed by atoms with Gasteiger partial charge in [0.05, 0.1) is 12.5 Å². The number of hydrogen-bond acceptors (Lipinski definition) is 4. The maximum absolute atomic E-state index is 12.5. The van der Waals surface area contributed by atoms with Crippen molar-refractivity contribution in [3.8, 4) is 0 Å². The number of carbonyl (C=O) groups excluding carboxylic acids is 2. The average molecular weight is 316 g/mol. The van der Waals surface area contributed by atoms with Gasteiger partial charge in [0.2, 0.25) is 5.91 Å². The fourth-order valence-electron chi connectivity index (χ4n) is 3.79. The van der Waals surface area contributed by atoms with Gasteiger partial charge in [-0.15, -0.1) is 0 Å². The van der Waals surface area contributed by atoms with Crippen molar-refractivity contribution < 1.29 is 14.3 Å². The van der Waals surface area contributed by atoms with E-state index in [4.69, 9.17) is 4.74 Å². The molecule has 0 radical (unpaired) electrons. The summed E-state index contributed by atoms with van der Waals surface area (Å²) in [6, 6.07) is 8.49. The minimum Gasteiger partial charge on any atom is -0.466 e. The fourth-order valence-corrected chi connectivity index (χ4v) is 3.79. The fraction of sp³-hybridized carbons (Fsp3) is 0.556. The van der Waals surface area contributed by atoms with E-state index in [1.54, 1.807) is 11.8 Å². The van der Waals surface area contributed by atoms with Gasteiger partial charge in [-0.2, -0.15) is 0 Å². The molecular formula is C18H24N2O3. The topological polar surface area (TPSA) is 49.9 Å². The summed E-state index contributed by atoms with van der Waals surface area (Å²) < 4.78 is 5.28. The summed E-state index contributed by atoms with van der Waals surface area (Å²) in [6.45, 7) is 5.85. The van der Waals surface area contributed by atoms with Gasteiger partial charge < -0.3 is 14.5 Å². The van der Waals surface area contributed by atoms with Crippen molar-refractivity contribution in [2.75, 3.05) is 31.1 Å². The quantitative estimate of drug-likeness (QED) is 0.799. The van der Waals surface area contributed by atoms with E-state index in [1.165, 1.54) is 11.3 Å². The van der Waals surface area contributed by atoms with Gasteiger partial charge in [-0.1, -0.05) is 18.2 Å². The standard InChI is InChI=1S/C18H24N2O3/c1-3-23-18(22)15-12-19(13(2)21)10-9-17(15)20-11-8-14-6-4-5-7-16(14)20/h4-7,15,17H,3,8-12H2,1-2H3/t15-,17-/m1/s1. The van der Waals surface area contributed by atoms with Gasteiger partial charge in [-0.25, -0.2) is 0 Å². The zero-order chi connectivity index (χ0) is 16.4. The molecule has 5 nitrogen and oxygen atoms in total. The molecule has 2 atom stereocenters. The lowest BCUT2D eigenvalue weighted by Gasteiger charge is -2.42. The summed E-state index contributed by atoms with van der Waals surface area (Å²) in [6.07, 6.45) is 1.82. The van der Waals surface area contributed by atoms with Crippen LogP contribution in [0.1, 0.15) is 25.8 Å². The molecule has 0 N–H and O–H groups in total. The van der Waals surface area contributed by atoms with E-state index in [2.05, 4.69) is 23.1 Å². The molecule has 3 rings (SSSR count). The molecule has 0 spiro atoms. The Kier molecular flexibility index (Phi) is 4.55. The summed E-state index contributed by atoms with van der Waals surface area (Å²) >= 11 is 0. The summed E-state index contributed by atoms with van der Waals surface area (Å²) in [5.41, 5.74) is 2.56. The van der Waals surface area contributed by atoms with Crippen LogP contribution in [0.2, 0.25) is 0 Å². The van der Waals surface area contributed by atoms with Crippen LogP contribution in [-0.4, -0.2) is 49.1 Å². The second-order valence-corrected chi connectivity index (χ2v) is 6.25. The molecule has 2 aliphatic rings. The molecule has 5 heteroatoms. The zero-order valence-electron chi connectivity index (χ0n) is 13.8. The third-order valence-corrected chi connectivity index (χ3v) is 4.93. The molecule has 0 aliphatic carbocycles. The monoisotopic (exact) mass is 316 g/mol. The Morgan fingerprint density at radius 3 is 2.78 bits per heavy atom. The minimum absolute atomic E-state index is 0.0274. The number of carbonyl (C=O) groups is 2. The minimum atomic E-state index is -0.279. The van der Waals surface area contributed by atoms with Crippen molar-refractivity contribution in [3.05, 3.63) is 29.8 Å². The number of benzene rings is 1. The Balaban J connectivity index is 1.85. The maximum Gasteiger partial charge on any atom is 0.312 e. The molecule has 23 heavy (non-hydrogen) atoms. The van der Waals surface area contributed by atoms with E-state index in [0.717, 1.165) is 19.4 Å². The first-order chi connectivity index (χ1) is 11.1. The number of nitrogens with zero attached hydrogens (tertiary/aromatic N) is 2. The van der Waals surface area contributed by atoms with Crippen molar-refractivity contribution >= 4 is 17.6 Å². The molecule has 1 aromatic carbocycles. The van der Waals surface area contributed by atoms with Crippen molar-refractivity contribution in [3.63, 3.8) is 0 Å². The zero-order valence-corrected chi connectivity index (χ0v) is 13.8. The Labute approximate surface area is 137 Å². The second-order valence-electron chi connectivity index (χ2n) is 6.25. The summed E-state index contributed by atoms with van der Waals surface area (Å²) in [5, 5.41) is 0. The highest BCUT2D eigenvalue weighted by atomic mass is 16.5. The van der Waals surface area contributed by atoms with Crippen LogP contribution in [0.4, 0.5) is 5.69 Å². The lowest BCUT2D eigenvalue weighted by molar-refractivity contribution is -0.151.